The van der Waals surface area contributed by atoms with E-state index in [1.807, 2.05) is 12.1 Å². The van der Waals surface area contributed by atoms with Crippen LogP contribution in [0.4, 0.5) is 5.69 Å². The molecule has 0 aromatic heterocycles. The first-order valence-corrected chi connectivity index (χ1v) is 6.71. The molecule has 1 atom stereocenters. The Morgan fingerprint density at radius 3 is 2.42 bits per heavy atom. The summed E-state index contributed by atoms with van der Waals surface area (Å²) in [7, 11) is 1.72. The lowest BCUT2D eigenvalue weighted by Crippen LogP contribution is -2.11. The summed E-state index contributed by atoms with van der Waals surface area (Å²) in [4.78, 5) is 0. The Morgan fingerprint density at radius 1 is 1.05 bits per heavy atom. The molecule has 1 N–H and O–H groups in total. The number of rotatable bonds is 5. The second-order valence-electron chi connectivity index (χ2n) is 4.66. The summed E-state index contributed by atoms with van der Waals surface area (Å²) in [6.07, 6.45) is 1.01. The van der Waals surface area contributed by atoms with E-state index in [0.29, 0.717) is 0 Å². The molecule has 0 amide bonds. The maximum absolute atomic E-state index is 5.46. The molecule has 2 aromatic rings. The zero-order valence-electron chi connectivity index (χ0n) is 11.8. The third-order valence-corrected chi connectivity index (χ3v) is 3.40. The standard InChI is InChI=1S/C17H21NO/c1-4-15(14-10-6-8-12-17(14)19-3)18-16-11-7-5-9-13(16)2/h5-12,15,18H,4H2,1-3H3. The summed E-state index contributed by atoms with van der Waals surface area (Å²) in [5.41, 5.74) is 3.65. The van der Waals surface area contributed by atoms with Crippen LogP contribution in [0.2, 0.25) is 0 Å². The van der Waals surface area contributed by atoms with Crippen molar-refractivity contribution >= 4 is 5.69 Å². The third-order valence-electron chi connectivity index (χ3n) is 3.40. The fourth-order valence-corrected chi connectivity index (χ4v) is 2.28. The molecular formula is C17H21NO. The molecule has 0 radical (unpaired) electrons. The van der Waals surface area contributed by atoms with Crippen molar-refractivity contribution in [1.29, 1.82) is 0 Å². The van der Waals surface area contributed by atoms with Crippen LogP contribution in [-0.2, 0) is 0 Å². The molecule has 0 spiro atoms. The lowest BCUT2D eigenvalue weighted by molar-refractivity contribution is 0.406. The molecule has 0 fully saturated rings. The zero-order valence-corrected chi connectivity index (χ0v) is 11.8. The smallest absolute Gasteiger partial charge is 0.124 e. The van der Waals surface area contributed by atoms with Gasteiger partial charge in [0.05, 0.1) is 13.2 Å². The molecular weight excluding hydrogens is 234 g/mol. The van der Waals surface area contributed by atoms with Crippen molar-refractivity contribution in [3.05, 3.63) is 59.7 Å². The summed E-state index contributed by atoms with van der Waals surface area (Å²) >= 11 is 0. The minimum atomic E-state index is 0.261. The highest BCUT2D eigenvalue weighted by Gasteiger charge is 2.14. The van der Waals surface area contributed by atoms with Crippen LogP contribution in [0.15, 0.2) is 48.5 Å². The highest BCUT2D eigenvalue weighted by atomic mass is 16.5. The molecule has 0 aliphatic carbocycles. The predicted octanol–water partition coefficient (Wildman–Crippen LogP) is 4.57. The lowest BCUT2D eigenvalue weighted by Gasteiger charge is -2.22. The van der Waals surface area contributed by atoms with Gasteiger partial charge in [0, 0.05) is 11.3 Å². The van der Waals surface area contributed by atoms with Gasteiger partial charge in [-0.3, -0.25) is 0 Å². The Balaban J connectivity index is 2.28. The molecule has 0 saturated carbocycles. The van der Waals surface area contributed by atoms with E-state index in [0.717, 1.165) is 12.2 Å². The van der Waals surface area contributed by atoms with Crippen molar-refractivity contribution in [3.8, 4) is 5.75 Å². The largest absolute Gasteiger partial charge is 0.496 e. The molecule has 0 bridgehead atoms. The van der Waals surface area contributed by atoms with Gasteiger partial charge in [-0.15, -0.1) is 0 Å². The summed E-state index contributed by atoms with van der Waals surface area (Å²) in [5, 5.41) is 3.61. The van der Waals surface area contributed by atoms with Crippen molar-refractivity contribution in [2.75, 3.05) is 12.4 Å². The molecule has 2 rings (SSSR count). The maximum atomic E-state index is 5.46. The Labute approximate surface area is 115 Å². The average Bonchev–Trinajstić information content (AvgIpc) is 2.46. The molecule has 19 heavy (non-hydrogen) atoms. The second-order valence-corrected chi connectivity index (χ2v) is 4.66. The molecule has 2 heteroatoms. The maximum Gasteiger partial charge on any atom is 0.124 e. The van der Waals surface area contributed by atoms with Gasteiger partial charge in [-0.05, 0) is 31.0 Å². The molecule has 1 unspecified atom stereocenters. The Morgan fingerprint density at radius 2 is 1.74 bits per heavy atom. The number of aryl methyl sites for hydroxylation is 1. The number of benzene rings is 2. The van der Waals surface area contributed by atoms with Gasteiger partial charge in [-0.1, -0.05) is 43.3 Å². The van der Waals surface area contributed by atoms with E-state index < -0.39 is 0 Å². The topological polar surface area (TPSA) is 21.3 Å². The number of ether oxygens (including phenoxy) is 1. The zero-order chi connectivity index (χ0) is 13.7. The summed E-state index contributed by atoms with van der Waals surface area (Å²) < 4.78 is 5.46. The van der Waals surface area contributed by atoms with E-state index in [4.69, 9.17) is 4.74 Å². The van der Waals surface area contributed by atoms with Crippen LogP contribution in [0, 0.1) is 6.92 Å². The van der Waals surface area contributed by atoms with Crippen LogP contribution in [0.25, 0.3) is 0 Å². The summed E-state index contributed by atoms with van der Waals surface area (Å²) in [6.45, 7) is 4.31. The van der Waals surface area contributed by atoms with Crippen LogP contribution >= 0.6 is 0 Å². The highest BCUT2D eigenvalue weighted by molar-refractivity contribution is 5.53. The number of anilines is 1. The molecule has 0 heterocycles. The minimum absolute atomic E-state index is 0.261. The van der Waals surface area contributed by atoms with Gasteiger partial charge in [0.1, 0.15) is 5.75 Å². The quantitative estimate of drug-likeness (QED) is 0.845. The molecule has 0 saturated heterocycles. The number of para-hydroxylation sites is 2. The van der Waals surface area contributed by atoms with E-state index in [1.54, 1.807) is 7.11 Å². The Hall–Kier alpha value is -1.96. The highest BCUT2D eigenvalue weighted by Crippen LogP contribution is 2.30. The van der Waals surface area contributed by atoms with Crippen LogP contribution in [0.3, 0.4) is 0 Å². The average molecular weight is 255 g/mol. The van der Waals surface area contributed by atoms with Crippen LogP contribution in [0.1, 0.15) is 30.5 Å². The monoisotopic (exact) mass is 255 g/mol. The van der Waals surface area contributed by atoms with E-state index in [9.17, 15) is 0 Å². The van der Waals surface area contributed by atoms with Crippen LogP contribution in [-0.4, -0.2) is 7.11 Å². The molecule has 2 nitrogen and oxygen atoms in total. The van der Waals surface area contributed by atoms with E-state index >= 15 is 0 Å². The SMILES string of the molecule is CCC(Nc1ccccc1C)c1ccccc1OC. The van der Waals surface area contributed by atoms with E-state index in [-0.39, 0.29) is 6.04 Å². The van der Waals surface area contributed by atoms with Crippen LogP contribution < -0.4 is 10.1 Å². The number of methoxy groups -OCH3 is 1. The number of hydrogen-bond donors (Lipinski definition) is 1. The van der Waals surface area contributed by atoms with Gasteiger partial charge in [0.15, 0.2) is 0 Å². The van der Waals surface area contributed by atoms with Crippen molar-refractivity contribution < 1.29 is 4.74 Å². The molecule has 0 aliphatic heterocycles. The van der Waals surface area contributed by atoms with Gasteiger partial charge in [-0.25, -0.2) is 0 Å². The Bertz CT molecular complexity index is 536. The fraction of sp³-hybridized carbons (Fsp3) is 0.294. The van der Waals surface area contributed by atoms with Crippen molar-refractivity contribution in [1.82, 2.24) is 0 Å². The van der Waals surface area contributed by atoms with E-state index in [1.165, 1.54) is 16.8 Å². The number of hydrogen-bond acceptors (Lipinski definition) is 2. The first-order valence-electron chi connectivity index (χ1n) is 6.71. The van der Waals surface area contributed by atoms with Crippen LogP contribution in [0.5, 0.6) is 5.75 Å². The summed E-state index contributed by atoms with van der Waals surface area (Å²) in [5.74, 6) is 0.940. The van der Waals surface area contributed by atoms with E-state index in [2.05, 4.69) is 55.6 Å². The summed E-state index contributed by atoms with van der Waals surface area (Å²) in [6, 6.07) is 16.8. The normalized spacial score (nSPS) is 11.9. The number of nitrogens with one attached hydrogen (secondary N) is 1. The Kier molecular flexibility index (Phi) is 4.45. The van der Waals surface area contributed by atoms with Gasteiger partial charge in [0.2, 0.25) is 0 Å². The fourth-order valence-electron chi connectivity index (χ4n) is 2.28. The van der Waals surface area contributed by atoms with Crippen molar-refractivity contribution in [2.24, 2.45) is 0 Å². The van der Waals surface area contributed by atoms with Gasteiger partial charge in [-0.2, -0.15) is 0 Å². The molecule has 0 aliphatic rings. The van der Waals surface area contributed by atoms with Crippen molar-refractivity contribution in [3.63, 3.8) is 0 Å². The first-order chi connectivity index (χ1) is 9.26. The van der Waals surface area contributed by atoms with Gasteiger partial charge in [0.25, 0.3) is 0 Å². The molecule has 100 valence electrons. The predicted molar refractivity (Wildman–Crippen MR) is 80.8 cm³/mol. The third kappa shape index (κ3) is 3.08. The minimum Gasteiger partial charge on any atom is -0.496 e. The van der Waals surface area contributed by atoms with Crippen molar-refractivity contribution in [2.45, 2.75) is 26.3 Å². The lowest BCUT2D eigenvalue weighted by atomic mass is 10.0. The molecule has 2 aromatic carbocycles. The second kappa shape index (κ2) is 6.28. The first kappa shape index (κ1) is 13.5. The van der Waals surface area contributed by atoms with Gasteiger partial charge >= 0.3 is 0 Å². The van der Waals surface area contributed by atoms with Gasteiger partial charge < -0.3 is 10.1 Å².